The SMILES string of the molecule is Cc1cc2nc([C@]3(C)CCCN3C3=[C]C(c4ccccc4F)CC=C3)[nH]c2cc1C. The van der Waals surface area contributed by atoms with Crippen molar-refractivity contribution >= 4 is 11.0 Å². The summed E-state index contributed by atoms with van der Waals surface area (Å²) in [5, 5.41) is 0. The van der Waals surface area contributed by atoms with Crippen molar-refractivity contribution in [2.45, 2.75) is 51.5 Å². The van der Waals surface area contributed by atoms with Crippen LogP contribution in [-0.2, 0) is 5.54 Å². The van der Waals surface area contributed by atoms with Gasteiger partial charge in [0, 0.05) is 18.2 Å². The van der Waals surface area contributed by atoms with Crippen molar-refractivity contribution in [3.63, 3.8) is 0 Å². The predicted octanol–water partition coefficient (Wildman–Crippen LogP) is 6.06. The van der Waals surface area contributed by atoms with Crippen molar-refractivity contribution in [2.24, 2.45) is 0 Å². The van der Waals surface area contributed by atoms with Gasteiger partial charge in [-0.3, -0.25) is 0 Å². The Kier molecular flexibility index (Phi) is 4.53. The molecule has 0 amide bonds. The Labute approximate surface area is 177 Å². The van der Waals surface area contributed by atoms with Crippen molar-refractivity contribution in [3.8, 4) is 0 Å². The third kappa shape index (κ3) is 3.06. The number of nitrogens with one attached hydrogen (secondary N) is 1. The molecule has 1 aliphatic carbocycles. The molecule has 30 heavy (non-hydrogen) atoms. The highest BCUT2D eigenvalue weighted by molar-refractivity contribution is 5.77. The lowest BCUT2D eigenvalue weighted by atomic mass is 9.89. The molecule has 1 N–H and O–H groups in total. The van der Waals surface area contributed by atoms with E-state index in [0.29, 0.717) is 0 Å². The van der Waals surface area contributed by atoms with Crippen LogP contribution in [0.25, 0.3) is 11.0 Å². The third-order valence-corrected chi connectivity index (χ3v) is 6.79. The maximum atomic E-state index is 14.4. The van der Waals surface area contributed by atoms with E-state index in [1.165, 1.54) is 17.2 Å². The van der Waals surface area contributed by atoms with Crippen LogP contribution in [-0.4, -0.2) is 21.4 Å². The van der Waals surface area contributed by atoms with E-state index in [1.54, 1.807) is 6.07 Å². The topological polar surface area (TPSA) is 31.9 Å². The zero-order valence-electron chi connectivity index (χ0n) is 17.8. The number of aromatic nitrogens is 2. The van der Waals surface area contributed by atoms with E-state index < -0.39 is 0 Å². The molecule has 1 aromatic heterocycles. The summed E-state index contributed by atoms with van der Waals surface area (Å²) in [5.41, 5.74) is 6.16. The number of hydrogen-bond acceptors (Lipinski definition) is 2. The van der Waals surface area contributed by atoms with Crippen LogP contribution in [0.15, 0.2) is 54.2 Å². The van der Waals surface area contributed by atoms with Crippen molar-refractivity contribution in [2.75, 3.05) is 6.54 Å². The van der Waals surface area contributed by atoms with Gasteiger partial charge in [-0.15, -0.1) is 0 Å². The number of hydrogen-bond donors (Lipinski definition) is 1. The molecule has 1 saturated heterocycles. The zero-order valence-corrected chi connectivity index (χ0v) is 17.8. The van der Waals surface area contributed by atoms with Crippen LogP contribution in [0.5, 0.6) is 0 Å². The summed E-state index contributed by atoms with van der Waals surface area (Å²) in [5.74, 6) is 0.782. The number of likely N-dealkylation sites (tertiary alicyclic amines) is 1. The van der Waals surface area contributed by atoms with Crippen LogP contribution in [0.4, 0.5) is 4.39 Å². The number of nitrogens with zero attached hydrogens (tertiary/aromatic N) is 2. The molecule has 153 valence electrons. The number of benzene rings is 2. The van der Waals surface area contributed by atoms with Gasteiger partial charge in [0.05, 0.1) is 16.6 Å². The average molecular weight is 401 g/mol. The summed E-state index contributed by atoms with van der Waals surface area (Å²) in [7, 11) is 0. The molecule has 5 rings (SSSR count). The van der Waals surface area contributed by atoms with Gasteiger partial charge < -0.3 is 9.88 Å². The van der Waals surface area contributed by atoms with Gasteiger partial charge in [-0.05, 0) is 87.1 Å². The number of H-pyrrole nitrogens is 1. The zero-order chi connectivity index (χ0) is 20.9. The Balaban J connectivity index is 1.53. The molecule has 0 spiro atoms. The number of aromatic amines is 1. The number of fused-ring (bicyclic) bond motifs is 1. The smallest absolute Gasteiger partial charge is 0.132 e. The lowest BCUT2D eigenvalue weighted by Crippen LogP contribution is -2.39. The molecule has 3 nitrogen and oxygen atoms in total. The van der Waals surface area contributed by atoms with E-state index in [1.807, 2.05) is 12.1 Å². The molecule has 2 heterocycles. The molecular weight excluding hydrogens is 373 g/mol. The maximum Gasteiger partial charge on any atom is 0.132 e. The molecule has 1 radical (unpaired) electrons. The molecule has 4 heteroatoms. The fraction of sp³-hybridized carbons (Fsp3) is 0.346. The average Bonchev–Trinajstić information content (AvgIpc) is 3.33. The first-order chi connectivity index (χ1) is 14.5. The maximum absolute atomic E-state index is 14.4. The minimum atomic E-state index is -0.232. The second-order valence-corrected chi connectivity index (χ2v) is 8.81. The fourth-order valence-corrected chi connectivity index (χ4v) is 4.85. The van der Waals surface area contributed by atoms with Crippen LogP contribution in [0.2, 0.25) is 0 Å². The first-order valence-electron chi connectivity index (χ1n) is 10.8. The fourth-order valence-electron chi connectivity index (χ4n) is 4.85. The number of allylic oxidation sites excluding steroid dienone is 3. The number of rotatable bonds is 3. The monoisotopic (exact) mass is 400 g/mol. The summed E-state index contributed by atoms with van der Waals surface area (Å²) in [6.07, 6.45) is 10.8. The third-order valence-electron chi connectivity index (χ3n) is 6.79. The van der Waals surface area contributed by atoms with Crippen molar-refractivity contribution in [1.82, 2.24) is 14.9 Å². The molecule has 2 aromatic carbocycles. The Morgan fingerprint density at radius 2 is 2.00 bits per heavy atom. The first kappa shape index (κ1) is 19.1. The van der Waals surface area contributed by atoms with Crippen LogP contribution in [0, 0.1) is 25.7 Å². The Morgan fingerprint density at radius 3 is 2.83 bits per heavy atom. The molecule has 3 aromatic rings. The van der Waals surface area contributed by atoms with Crippen molar-refractivity contribution in [3.05, 3.63) is 88.7 Å². The summed E-state index contributed by atoms with van der Waals surface area (Å²) in [6, 6.07) is 11.4. The lowest BCUT2D eigenvalue weighted by molar-refractivity contribution is 0.199. The summed E-state index contributed by atoms with van der Waals surface area (Å²) in [6.45, 7) is 7.46. The van der Waals surface area contributed by atoms with Gasteiger partial charge in [-0.1, -0.05) is 24.3 Å². The summed E-state index contributed by atoms with van der Waals surface area (Å²) in [4.78, 5) is 11.0. The van der Waals surface area contributed by atoms with Crippen LogP contribution in [0.1, 0.15) is 54.6 Å². The minimum Gasteiger partial charge on any atom is -0.359 e. The molecule has 0 saturated carbocycles. The van der Waals surface area contributed by atoms with E-state index in [2.05, 4.69) is 61.0 Å². The lowest BCUT2D eigenvalue weighted by Gasteiger charge is -2.37. The highest BCUT2D eigenvalue weighted by Gasteiger charge is 2.42. The normalized spacial score (nSPS) is 23.9. The minimum absolute atomic E-state index is 0.0583. The Morgan fingerprint density at radius 1 is 1.20 bits per heavy atom. The van der Waals surface area contributed by atoms with Crippen LogP contribution < -0.4 is 0 Å². The highest BCUT2D eigenvalue weighted by Crippen LogP contribution is 2.42. The van der Waals surface area contributed by atoms with E-state index in [9.17, 15) is 4.39 Å². The second kappa shape index (κ2) is 7.12. The van der Waals surface area contributed by atoms with Gasteiger partial charge in [0.15, 0.2) is 0 Å². The van der Waals surface area contributed by atoms with Crippen molar-refractivity contribution in [1.29, 1.82) is 0 Å². The predicted molar refractivity (Wildman–Crippen MR) is 119 cm³/mol. The molecule has 0 bridgehead atoms. The van der Waals surface area contributed by atoms with E-state index in [4.69, 9.17) is 4.98 Å². The van der Waals surface area contributed by atoms with E-state index in [-0.39, 0.29) is 17.3 Å². The quantitative estimate of drug-likeness (QED) is 0.579. The van der Waals surface area contributed by atoms with Gasteiger partial charge in [0.25, 0.3) is 0 Å². The standard InChI is InChI=1S/C26H27FN3/c1-17-14-23-24(15-18(17)2)29-25(28-23)26(3)12-7-13-30(26)20-9-6-8-19(16-20)21-10-4-5-11-22(21)27/h4-6,9-11,14-15,19H,7-8,12-13H2,1-3H3,(H,28,29)/t19?,26-/m0/s1. The van der Waals surface area contributed by atoms with E-state index in [0.717, 1.165) is 53.9 Å². The van der Waals surface area contributed by atoms with Crippen LogP contribution in [0.3, 0.4) is 0 Å². The summed E-state index contributed by atoms with van der Waals surface area (Å²) >= 11 is 0. The molecule has 1 fully saturated rings. The van der Waals surface area contributed by atoms with E-state index >= 15 is 0 Å². The number of imidazole rings is 1. The molecule has 2 aliphatic rings. The number of aryl methyl sites for hydroxylation is 2. The van der Waals surface area contributed by atoms with Gasteiger partial charge >= 0.3 is 0 Å². The molecular formula is C26H27FN3. The van der Waals surface area contributed by atoms with Gasteiger partial charge in [-0.25, -0.2) is 9.37 Å². The second-order valence-electron chi connectivity index (χ2n) is 8.81. The molecule has 1 aliphatic heterocycles. The highest BCUT2D eigenvalue weighted by atomic mass is 19.1. The van der Waals surface area contributed by atoms with Gasteiger partial charge in [0.1, 0.15) is 11.6 Å². The van der Waals surface area contributed by atoms with Crippen LogP contribution >= 0.6 is 0 Å². The van der Waals surface area contributed by atoms with Crippen molar-refractivity contribution < 1.29 is 4.39 Å². The Bertz CT molecular complexity index is 1130. The number of halogens is 1. The van der Waals surface area contributed by atoms with Gasteiger partial charge in [0.2, 0.25) is 0 Å². The first-order valence-corrected chi connectivity index (χ1v) is 10.8. The summed E-state index contributed by atoms with van der Waals surface area (Å²) < 4.78 is 14.4. The molecule has 2 atom stereocenters. The Hall–Kier alpha value is -2.88. The molecule has 1 unspecified atom stereocenters. The largest absolute Gasteiger partial charge is 0.359 e. The van der Waals surface area contributed by atoms with Gasteiger partial charge in [-0.2, -0.15) is 0 Å².